The van der Waals surface area contributed by atoms with Gasteiger partial charge in [-0.3, -0.25) is 9.59 Å². The van der Waals surface area contributed by atoms with Gasteiger partial charge >= 0.3 is 51.4 Å². The van der Waals surface area contributed by atoms with Gasteiger partial charge in [-0.05, 0) is 61.2 Å². The molecule has 1 aliphatic carbocycles. The molecule has 1 atom stereocenters. The first kappa shape index (κ1) is 27.1. The molecule has 35 heavy (non-hydrogen) atoms. The van der Waals surface area contributed by atoms with Crippen LogP contribution in [0.15, 0.2) is 71.6 Å². The van der Waals surface area contributed by atoms with Crippen LogP contribution in [-0.4, -0.2) is 28.9 Å². The number of phenolic OH excluding ortho intramolecular Hbond substituents is 1. The SMILES string of the molecule is N#CC1=C([O-])N(c2ccc(F)cc2)C(C(=O)NC2CCCCC2)C(C(=O)c2ccccc2O)=C1.[K+]. The molecule has 0 aromatic heterocycles. The van der Waals surface area contributed by atoms with E-state index in [1.165, 1.54) is 24.3 Å². The summed E-state index contributed by atoms with van der Waals surface area (Å²) in [5.41, 5.74) is -0.367. The van der Waals surface area contributed by atoms with Crippen molar-refractivity contribution in [3.8, 4) is 11.8 Å². The largest absolute Gasteiger partial charge is 1.00 e. The van der Waals surface area contributed by atoms with Gasteiger partial charge in [-0.2, -0.15) is 5.26 Å². The number of hydrogen-bond donors (Lipinski definition) is 2. The van der Waals surface area contributed by atoms with Crippen molar-refractivity contribution >= 4 is 17.4 Å². The first-order valence-electron chi connectivity index (χ1n) is 11.1. The van der Waals surface area contributed by atoms with E-state index in [4.69, 9.17) is 0 Å². The molecule has 7 nitrogen and oxygen atoms in total. The average molecular weight is 500 g/mol. The summed E-state index contributed by atoms with van der Waals surface area (Å²) in [6.45, 7) is 0. The summed E-state index contributed by atoms with van der Waals surface area (Å²) in [5, 5.41) is 36.0. The number of aromatic hydroxyl groups is 1. The second-order valence-corrected chi connectivity index (χ2v) is 8.37. The summed E-state index contributed by atoms with van der Waals surface area (Å²) < 4.78 is 13.6. The molecular weight excluding hydrogens is 476 g/mol. The van der Waals surface area contributed by atoms with E-state index in [0.717, 1.165) is 55.2 Å². The van der Waals surface area contributed by atoms with Crippen LogP contribution in [0, 0.1) is 17.1 Å². The van der Waals surface area contributed by atoms with Gasteiger partial charge in [0.05, 0.1) is 11.1 Å². The Morgan fingerprint density at radius 3 is 2.37 bits per heavy atom. The third-order valence-corrected chi connectivity index (χ3v) is 6.14. The van der Waals surface area contributed by atoms with Crippen molar-refractivity contribution in [1.82, 2.24) is 5.32 Å². The summed E-state index contributed by atoms with van der Waals surface area (Å²) in [4.78, 5) is 28.1. The fourth-order valence-electron chi connectivity index (χ4n) is 4.43. The van der Waals surface area contributed by atoms with Crippen molar-refractivity contribution in [3.05, 3.63) is 83.0 Å². The third-order valence-electron chi connectivity index (χ3n) is 6.14. The number of phenols is 1. The van der Waals surface area contributed by atoms with E-state index >= 15 is 0 Å². The topological polar surface area (TPSA) is 116 Å². The van der Waals surface area contributed by atoms with Crippen molar-refractivity contribution in [2.45, 2.75) is 44.2 Å². The molecular formula is C26H23FKN3O4. The molecule has 1 aliphatic heterocycles. The number of ketones is 1. The molecule has 0 radical (unpaired) electrons. The molecule has 0 saturated heterocycles. The Hall–Kier alpha value is -2.48. The van der Waals surface area contributed by atoms with Crippen molar-refractivity contribution in [3.63, 3.8) is 0 Å². The molecule has 2 aromatic carbocycles. The number of hydrogen-bond acceptors (Lipinski definition) is 6. The Kier molecular flexibility index (Phi) is 9.27. The van der Waals surface area contributed by atoms with E-state index in [2.05, 4.69) is 5.32 Å². The standard InChI is InChI=1S/C26H24FN3O4.K/c27-17-10-12-19(13-11-17)30-23(25(33)29-18-6-2-1-3-7-18)21(14-16(15-28)26(30)34)24(32)20-8-4-5-9-22(20)31;/h4-5,8-14,18,23,31,34H,1-3,6-7H2,(H,29,33);/q;+1/p-1. The summed E-state index contributed by atoms with van der Waals surface area (Å²) in [5.74, 6) is -2.86. The maximum absolute atomic E-state index is 13.6. The Labute approximate surface area is 245 Å². The number of para-hydroxylation sites is 1. The third kappa shape index (κ3) is 5.85. The normalized spacial score (nSPS) is 18.2. The molecule has 1 heterocycles. The van der Waals surface area contributed by atoms with Gasteiger partial charge in [-0.25, -0.2) is 4.39 Å². The van der Waals surface area contributed by atoms with Crippen LogP contribution in [-0.2, 0) is 4.79 Å². The number of amides is 1. The second kappa shape index (κ2) is 12.0. The molecule has 2 N–H and O–H groups in total. The number of anilines is 1. The van der Waals surface area contributed by atoms with Crippen molar-refractivity contribution in [2.24, 2.45) is 0 Å². The molecule has 9 heteroatoms. The first-order chi connectivity index (χ1) is 16.4. The fourth-order valence-corrected chi connectivity index (χ4v) is 4.43. The molecule has 1 amide bonds. The van der Waals surface area contributed by atoms with E-state index in [0.29, 0.717) is 0 Å². The Morgan fingerprint density at radius 2 is 1.74 bits per heavy atom. The Bertz CT molecular complexity index is 1210. The van der Waals surface area contributed by atoms with Crippen molar-refractivity contribution in [1.29, 1.82) is 5.26 Å². The van der Waals surface area contributed by atoms with E-state index < -0.39 is 29.4 Å². The van der Waals surface area contributed by atoms with Gasteiger partial charge in [0.25, 0.3) is 0 Å². The molecule has 2 aliphatic rings. The minimum Gasteiger partial charge on any atom is -0.859 e. The predicted molar refractivity (Wildman–Crippen MR) is 121 cm³/mol. The number of allylic oxidation sites excluding steroid dienone is 2. The average Bonchev–Trinajstić information content (AvgIpc) is 2.85. The van der Waals surface area contributed by atoms with Crippen LogP contribution in [0.1, 0.15) is 42.5 Å². The van der Waals surface area contributed by atoms with Crippen molar-refractivity contribution < 1.29 is 75.6 Å². The van der Waals surface area contributed by atoms with Gasteiger partial charge in [0.1, 0.15) is 23.7 Å². The maximum Gasteiger partial charge on any atom is 1.00 e. The Morgan fingerprint density at radius 1 is 1.09 bits per heavy atom. The Balaban J connectivity index is 0.00000342. The molecule has 4 rings (SSSR count). The zero-order valence-electron chi connectivity index (χ0n) is 19.3. The number of nitrogens with zero attached hydrogens (tertiary/aromatic N) is 2. The summed E-state index contributed by atoms with van der Waals surface area (Å²) >= 11 is 0. The molecule has 2 aromatic rings. The smallest absolute Gasteiger partial charge is 0.859 e. The minimum absolute atomic E-state index is 0. The molecule has 174 valence electrons. The van der Waals surface area contributed by atoms with Gasteiger partial charge in [-0.15, -0.1) is 0 Å². The second-order valence-electron chi connectivity index (χ2n) is 8.37. The summed E-state index contributed by atoms with van der Waals surface area (Å²) in [6.07, 6.45) is 5.68. The quantitative estimate of drug-likeness (QED) is 0.445. The van der Waals surface area contributed by atoms with Gasteiger partial charge in [0, 0.05) is 17.3 Å². The molecule has 1 unspecified atom stereocenters. The summed E-state index contributed by atoms with van der Waals surface area (Å²) in [7, 11) is 0. The van der Waals surface area contributed by atoms with Crippen LogP contribution in [0.25, 0.3) is 0 Å². The van der Waals surface area contributed by atoms with E-state index in [9.17, 15) is 29.5 Å². The van der Waals surface area contributed by atoms with E-state index in [1.807, 2.05) is 0 Å². The fraction of sp³-hybridized carbons (Fsp3) is 0.269. The summed E-state index contributed by atoms with van der Waals surface area (Å²) in [6, 6.07) is 11.0. The zero-order chi connectivity index (χ0) is 24.2. The first-order valence-corrected chi connectivity index (χ1v) is 11.1. The van der Waals surface area contributed by atoms with Crippen molar-refractivity contribution in [2.75, 3.05) is 4.90 Å². The number of nitriles is 1. The molecule has 1 fully saturated rings. The van der Waals surface area contributed by atoms with Gasteiger partial charge in [0.2, 0.25) is 5.91 Å². The van der Waals surface area contributed by atoms with E-state index in [-0.39, 0.29) is 85.6 Å². The van der Waals surface area contributed by atoms with Crippen LogP contribution in [0.4, 0.5) is 10.1 Å². The number of carbonyl (C=O) groups is 2. The van der Waals surface area contributed by atoms with Crippen LogP contribution in [0.3, 0.4) is 0 Å². The monoisotopic (exact) mass is 499 g/mol. The number of Topliss-reactive ketones (excluding diaryl/α,β-unsaturated/α-hetero) is 1. The zero-order valence-corrected chi connectivity index (χ0v) is 22.5. The number of nitrogens with one attached hydrogen (secondary N) is 1. The molecule has 0 spiro atoms. The van der Waals surface area contributed by atoms with Gasteiger partial charge in [0.15, 0.2) is 5.78 Å². The maximum atomic E-state index is 13.6. The van der Waals surface area contributed by atoms with Gasteiger partial charge in [-0.1, -0.05) is 31.4 Å². The van der Waals surface area contributed by atoms with Crippen LogP contribution < -0.4 is 66.7 Å². The number of halogens is 1. The van der Waals surface area contributed by atoms with Crippen LogP contribution in [0.2, 0.25) is 0 Å². The molecule has 0 bridgehead atoms. The number of carbonyl (C=O) groups excluding carboxylic acids is 2. The van der Waals surface area contributed by atoms with E-state index in [1.54, 1.807) is 18.2 Å². The number of benzene rings is 2. The minimum atomic E-state index is -1.40. The predicted octanol–water partition coefficient (Wildman–Crippen LogP) is 0.0776. The number of rotatable bonds is 5. The van der Waals surface area contributed by atoms with Crippen LogP contribution >= 0.6 is 0 Å². The van der Waals surface area contributed by atoms with Gasteiger partial charge < -0.3 is 20.4 Å². The van der Waals surface area contributed by atoms with Crippen LogP contribution in [0.5, 0.6) is 5.75 Å². The molecule has 1 saturated carbocycles.